The molecule has 3 saturated heterocycles. The van der Waals surface area contributed by atoms with Crippen molar-refractivity contribution >= 4 is 11.9 Å². The zero-order valence-corrected chi connectivity index (χ0v) is 15.2. The number of hydrogen-bond acceptors (Lipinski definition) is 6. The Morgan fingerprint density at radius 2 is 2.08 bits per heavy atom. The van der Waals surface area contributed by atoms with Gasteiger partial charge in [-0.1, -0.05) is 23.8 Å². The molecule has 3 aliphatic rings. The fraction of sp³-hybridized carbons (Fsp3) is 0.579. The highest BCUT2D eigenvalue weighted by Gasteiger charge is 2.93. The summed E-state index contributed by atoms with van der Waals surface area (Å²) >= 11 is 0. The summed E-state index contributed by atoms with van der Waals surface area (Å²) in [6.45, 7) is 6.49. The van der Waals surface area contributed by atoms with E-state index in [1.807, 2.05) is 14.0 Å². The first-order chi connectivity index (χ1) is 11.7. The van der Waals surface area contributed by atoms with E-state index in [0.29, 0.717) is 13.0 Å². The van der Waals surface area contributed by atoms with Gasteiger partial charge >= 0.3 is 11.9 Å². The molecule has 3 heterocycles. The highest BCUT2D eigenvalue weighted by Crippen LogP contribution is 2.68. The molecule has 0 radical (unpaired) electrons. The number of carbonyl (C=O) groups is 2. The summed E-state index contributed by atoms with van der Waals surface area (Å²) < 4.78 is 16.4. The minimum absolute atomic E-state index is 0.0368. The molecule has 1 aromatic carbocycles. The molecule has 4 rings (SSSR count). The number of methoxy groups -OCH3 is 1. The van der Waals surface area contributed by atoms with Gasteiger partial charge in [-0.25, -0.2) is 9.59 Å². The van der Waals surface area contributed by atoms with E-state index in [1.165, 1.54) is 23.8 Å². The molecule has 0 N–H and O–H groups in total. The number of hydrogen-bond donors (Lipinski definition) is 0. The minimum atomic E-state index is -1.60. The lowest BCUT2D eigenvalue weighted by atomic mass is 9.72. The number of epoxide rings is 1. The van der Waals surface area contributed by atoms with E-state index >= 15 is 0 Å². The second-order valence-electron chi connectivity index (χ2n) is 7.72. The van der Waals surface area contributed by atoms with Crippen LogP contribution in [0, 0.1) is 13.8 Å². The highest BCUT2D eigenvalue weighted by molar-refractivity contribution is 6.11. The Kier molecular flexibility index (Phi) is 3.19. The van der Waals surface area contributed by atoms with Gasteiger partial charge in [0, 0.05) is 19.0 Å². The number of carbonyl (C=O) groups excluding carboxylic acids is 2. The van der Waals surface area contributed by atoms with Crippen molar-refractivity contribution < 1.29 is 23.8 Å². The average molecular weight is 345 g/mol. The molecule has 0 amide bonds. The summed E-state index contributed by atoms with van der Waals surface area (Å²) in [5.41, 5.74) is 0.147. The fourth-order valence-electron chi connectivity index (χ4n) is 4.84. The number of likely N-dealkylation sites (tertiary alicyclic amines) is 1. The molecule has 6 nitrogen and oxygen atoms in total. The van der Waals surface area contributed by atoms with Crippen LogP contribution < -0.4 is 0 Å². The standard InChI is InChI=1S/C19H23NO5/c1-11-6-7-13(12(2)8-11)14-9-18-17(3,10-20(14)4)24-16(22)19(18,25-18)15(21)23-5/h6-8,14H,9-10H2,1-5H3/t14-,17-,18+,19+/m1/s1. The molecular formula is C19H23NO5. The van der Waals surface area contributed by atoms with Crippen LogP contribution in [0.5, 0.6) is 0 Å². The molecule has 0 unspecified atom stereocenters. The van der Waals surface area contributed by atoms with Crippen LogP contribution in [0.25, 0.3) is 0 Å². The van der Waals surface area contributed by atoms with Crippen molar-refractivity contribution in [1.82, 2.24) is 4.90 Å². The summed E-state index contributed by atoms with van der Waals surface area (Å²) in [7, 11) is 3.28. The topological polar surface area (TPSA) is 68.4 Å². The molecule has 6 heteroatoms. The van der Waals surface area contributed by atoms with Gasteiger partial charge in [0.25, 0.3) is 5.60 Å². The Balaban J connectivity index is 1.77. The van der Waals surface area contributed by atoms with Crippen LogP contribution in [0.2, 0.25) is 0 Å². The maximum atomic E-state index is 12.5. The molecule has 134 valence electrons. The van der Waals surface area contributed by atoms with Gasteiger partial charge in [0.2, 0.25) is 0 Å². The maximum absolute atomic E-state index is 12.5. The van der Waals surface area contributed by atoms with E-state index in [0.717, 1.165) is 0 Å². The predicted octanol–water partition coefficient (Wildman–Crippen LogP) is 1.68. The fourth-order valence-corrected chi connectivity index (χ4v) is 4.84. The van der Waals surface area contributed by atoms with Crippen LogP contribution in [-0.2, 0) is 23.8 Å². The van der Waals surface area contributed by atoms with Gasteiger partial charge in [-0.3, -0.25) is 4.90 Å². The van der Waals surface area contributed by atoms with E-state index < -0.39 is 28.7 Å². The minimum Gasteiger partial charge on any atom is -0.466 e. The van der Waals surface area contributed by atoms with E-state index in [2.05, 4.69) is 36.9 Å². The molecule has 0 aromatic heterocycles. The number of ether oxygens (including phenoxy) is 3. The molecular weight excluding hydrogens is 322 g/mol. The Hall–Kier alpha value is -1.92. The lowest BCUT2D eigenvalue weighted by Crippen LogP contribution is -2.58. The summed E-state index contributed by atoms with van der Waals surface area (Å²) in [5.74, 6) is -1.29. The molecule has 0 aliphatic carbocycles. The summed E-state index contributed by atoms with van der Waals surface area (Å²) in [6.07, 6.45) is 0.505. The number of esters is 2. The van der Waals surface area contributed by atoms with Gasteiger partial charge in [-0.15, -0.1) is 0 Å². The first-order valence-electron chi connectivity index (χ1n) is 8.50. The SMILES string of the molecule is COC(=O)[C@@]12O[C@]13C[C@H](c1ccc(C)cc1C)N(C)C[C@@]3(C)OC2=O. The first-order valence-corrected chi connectivity index (χ1v) is 8.50. The lowest BCUT2D eigenvalue weighted by molar-refractivity contribution is -0.178. The molecule has 1 spiro atoms. The number of piperidine rings is 1. The normalized spacial score (nSPS) is 39.4. The molecule has 0 bridgehead atoms. The Morgan fingerprint density at radius 3 is 2.72 bits per heavy atom. The van der Waals surface area contributed by atoms with Crippen LogP contribution in [0.4, 0.5) is 0 Å². The summed E-state index contributed by atoms with van der Waals surface area (Å²) in [6, 6.07) is 6.38. The van der Waals surface area contributed by atoms with Gasteiger partial charge in [0.1, 0.15) is 0 Å². The number of rotatable bonds is 2. The first kappa shape index (κ1) is 16.5. The van der Waals surface area contributed by atoms with Crippen LogP contribution >= 0.6 is 0 Å². The monoisotopic (exact) mass is 345 g/mol. The van der Waals surface area contributed by atoms with E-state index in [1.54, 1.807) is 0 Å². The number of aryl methyl sites for hydroxylation is 2. The zero-order chi connectivity index (χ0) is 18.2. The molecule has 25 heavy (non-hydrogen) atoms. The van der Waals surface area contributed by atoms with Gasteiger partial charge in [-0.05, 0) is 38.9 Å². The maximum Gasteiger partial charge on any atom is 0.354 e. The van der Waals surface area contributed by atoms with Crippen molar-refractivity contribution in [2.24, 2.45) is 0 Å². The Morgan fingerprint density at radius 1 is 1.36 bits per heavy atom. The Labute approximate surface area is 147 Å². The molecule has 3 aliphatic heterocycles. The van der Waals surface area contributed by atoms with E-state index in [9.17, 15) is 9.59 Å². The van der Waals surface area contributed by atoms with Crippen molar-refractivity contribution in [2.75, 3.05) is 20.7 Å². The smallest absolute Gasteiger partial charge is 0.354 e. The predicted molar refractivity (Wildman–Crippen MR) is 89.0 cm³/mol. The van der Waals surface area contributed by atoms with Gasteiger partial charge < -0.3 is 14.2 Å². The van der Waals surface area contributed by atoms with Crippen molar-refractivity contribution in [3.8, 4) is 0 Å². The van der Waals surface area contributed by atoms with Crippen LogP contribution in [0.1, 0.15) is 36.1 Å². The van der Waals surface area contributed by atoms with Crippen LogP contribution in [0.3, 0.4) is 0 Å². The van der Waals surface area contributed by atoms with Gasteiger partial charge in [0.05, 0.1) is 7.11 Å². The number of benzene rings is 1. The largest absolute Gasteiger partial charge is 0.466 e. The van der Waals surface area contributed by atoms with Crippen molar-refractivity contribution in [3.05, 3.63) is 34.9 Å². The molecule has 0 saturated carbocycles. The van der Waals surface area contributed by atoms with Gasteiger partial charge in [-0.2, -0.15) is 0 Å². The quantitative estimate of drug-likeness (QED) is 0.461. The van der Waals surface area contributed by atoms with Crippen LogP contribution in [0.15, 0.2) is 18.2 Å². The highest BCUT2D eigenvalue weighted by atomic mass is 16.7. The third kappa shape index (κ3) is 1.81. The average Bonchev–Trinajstić information content (AvgIpc) is 3.18. The van der Waals surface area contributed by atoms with Crippen molar-refractivity contribution in [3.63, 3.8) is 0 Å². The third-order valence-corrected chi connectivity index (χ3v) is 6.14. The second kappa shape index (κ2) is 4.83. The lowest BCUT2D eigenvalue weighted by Gasteiger charge is -2.45. The van der Waals surface area contributed by atoms with E-state index in [-0.39, 0.29) is 6.04 Å². The third-order valence-electron chi connectivity index (χ3n) is 6.14. The van der Waals surface area contributed by atoms with Crippen molar-refractivity contribution in [1.29, 1.82) is 0 Å². The Bertz CT molecular complexity index is 792. The number of likely N-dealkylation sites (N-methyl/N-ethyl adjacent to an activating group) is 1. The van der Waals surface area contributed by atoms with Crippen molar-refractivity contribution in [2.45, 2.75) is 50.0 Å². The molecule has 1 aromatic rings. The second-order valence-corrected chi connectivity index (χ2v) is 7.72. The van der Waals surface area contributed by atoms with Crippen LogP contribution in [-0.4, -0.2) is 54.3 Å². The number of nitrogens with zero attached hydrogens (tertiary/aromatic N) is 1. The molecule has 3 fully saturated rings. The molecule has 4 atom stereocenters. The summed E-state index contributed by atoms with van der Waals surface area (Å²) in [5, 5.41) is 0. The van der Waals surface area contributed by atoms with Gasteiger partial charge in [0.15, 0.2) is 11.2 Å². The summed E-state index contributed by atoms with van der Waals surface area (Å²) in [4.78, 5) is 27.0. The zero-order valence-electron chi connectivity index (χ0n) is 15.2. The van der Waals surface area contributed by atoms with E-state index in [4.69, 9.17) is 14.2 Å².